The number of piperazine rings is 1. The first kappa shape index (κ1) is 17.8. The Labute approximate surface area is 162 Å². The van der Waals surface area contributed by atoms with Crippen LogP contribution in [0.5, 0.6) is 0 Å². The molecule has 1 saturated heterocycles. The number of carbonyl (C=O) groups excluding carboxylic acids is 1. The van der Waals surface area contributed by atoms with Crippen molar-refractivity contribution in [3.8, 4) is 0 Å². The van der Waals surface area contributed by atoms with E-state index >= 15 is 0 Å². The van der Waals surface area contributed by atoms with Gasteiger partial charge in [-0.2, -0.15) is 0 Å². The van der Waals surface area contributed by atoms with E-state index in [1.165, 1.54) is 17.4 Å². The number of hydrogen-bond donors (Lipinski definition) is 0. The molecule has 1 aliphatic rings. The second-order valence-corrected chi connectivity index (χ2v) is 7.96. The van der Waals surface area contributed by atoms with Crippen LogP contribution < -0.4 is 4.90 Å². The van der Waals surface area contributed by atoms with E-state index < -0.39 is 0 Å². The molecule has 0 aliphatic carbocycles. The first-order valence-electron chi connectivity index (χ1n) is 9.04. The number of amides is 1. The van der Waals surface area contributed by atoms with Gasteiger partial charge in [0.2, 0.25) is 5.91 Å². The second kappa shape index (κ2) is 7.56. The maximum Gasteiger partial charge on any atom is 0.236 e. The maximum absolute atomic E-state index is 12.9. The van der Waals surface area contributed by atoms with Crippen LogP contribution in [-0.4, -0.2) is 61.8 Å². The fraction of sp³-hybridized carbons (Fsp3) is 0.368. The number of rotatable bonds is 4. The van der Waals surface area contributed by atoms with Gasteiger partial charge >= 0.3 is 0 Å². The first-order valence-corrected chi connectivity index (χ1v) is 9.92. The molecular weight excluding hydrogens is 360 g/mol. The normalized spacial score (nSPS) is 15.9. The summed E-state index contributed by atoms with van der Waals surface area (Å²) >= 11 is 1.46. The zero-order valence-electron chi connectivity index (χ0n) is 15.4. The Bertz CT molecular complexity index is 936. The van der Waals surface area contributed by atoms with Crippen molar-refractivity contribution in [1.29, 1.82) is 0 Å². The van der Waals surface area contributed by atoms with Gasteiger partial charge in [-0.25, -0.2) is 4.98 Å². The summed E-state index contributed by atoms with van der Waals surface area (Å²) in [6, 6.07) is 12.2. The Morgan fingerprint density at radius 3 is 2.63 bits per heavy atom. The predicted molar refractivity (Wildman–Crippen MR) is 106 cm³/mol. The second-order valence-electron chi connectivity index (χ2n) is 6.65. The van der Waals surface area contributed by atoms with Crippen LogP contribution in [0.15, 0.2) is 47.9 Å². The zero-order valence-corrected chi connectivity index (χ0v) is 16.3. The Balaban J connectivity index is 1.40. The van der Waals surface area contributed by atoms with Crippen molar-refractivity contribution in [2.75, 3.05) is 31.1 Å². The van der Waals surface area contributed by atoms with E-state index in [4.69, 9.17) is 0 Å². The molecule has 0 spiro atoms. The average Bonchev–Trinajstić information content (AvgIpc) is 3.17. The fourth-order valence-corrected chi connectivity index (χ4v) is 4.30. The van der Waals surface area contributed by atoms with Crippen molar-refractivity contribution in [3.63, 3.8) is 0 Å². The van der Waals surface area contributed by atoms with E-state index in [-0.39, 0.29) is 11.2 Å². The minimum Gasteiger partial charge on any atom is -0.368 e. The van der Waals surface area contributed by atoms with Crippen LogP contribution in [0.2, 0.25) is 0 Å². The van der Waals surface area contributed by atoms with Crippen molar-refractivity contribution in [3.05, 3.63) is 48.4 Å². The van der Waals surface area contributed by atoms with Crippen LogP contribution in [-0.2, 0) is 4.79 Å². The summed E-state index contributed by atoms with van der Waals surface area (Å²) in [6.07, 6.45) is 1.64. The lowest BCUT2D eigenvalue weighted by Crippen LogP contribution is -2.50. The standard InChI is InChI=1S/C19H22N6OS/c1-14-12-17-22-20-13-25(17)19(21-14)27-15(2)18(26)24-10-8-23(9-11-24)16-6-4-3-5-7-16/h3-7,12-13,15H,8-11H2,1-2H3. The van der Waals surface area contributed by atoms with Crippen LogP contribution in [0.3, 0.4) is 0 Å². The van der Waals surface area contributed by atoms with Gasteiger partial charge in [0.25, 0.3) is 0 Å². The van der Waals surface area contributed by atoms with Gasteiger partial charge in [-0.3, -0.25) is 9.20 Å². The summed E-state index contributed by atoms with van der Waals surface area (Å²) in [4.78, 5) is 21.8. The number of fused-ring (bicyclic) bond motifs is 1. The molecule has 140 valence electrons. The van der Waals surface area contributed by atoms with Gasteiger partial charge in [-0.05, 0) is 26.0 Å². The lowest BCUT2D eigenvalue weighted by atomic mass is 10.2. The average molecular weight is 382 g/mol. The lowest BCUT2D eigenvalue weighted by Gasteiger charge is -2.37. The van der Waals surface area contributed by atoms with Gasteiger partial charge in [-0.1, -0.05) is 30.0 Å². The molecule has 1 aliphatic heterocycles. The molecule has 3 heterocycles. The number of aromatic nitrogens is 4. The molecular formula is C19H22N6OS. The largest absolute Gasteiger partial charge is 0.368 e. The highest BCUT2D eigenvalue weighted by Crippen LogP contribution is 2.25. The van der Waals surface area contributed by atoms with Crippen LogP contribution in [0.4, 0.5) is 5.69 Å². The predicted octanol–water partition coefficient (Wildman–Crippen LogP) is 2.26. The Morgan fingerprint density at radius 1 is 1.15 bits per heavy atom. The van der Waals surface area contributed by atoms with E-state index in [0.29, 0.717) is 0 Å². The molecule has 2 aromatic heterocycles. The summed E-state index contributed by atoms with van der Waals surface area (Å²) in [5.74, 6) is 0.150. The minimum absolute atomic E-state index is 0.150. The molecule has 27 heavy (non-hydrogen) atoms. The number of hydrogen-bond acceptors (Lipinski definition) is 6. The number of carbonyl (C=O) groups is 1. The molecule has 4 rings (SSSR count). The van der Waals surface area contributed by atoms with E-state index in [2.05, 4.69) is 32.2 Å². The van der Waals surface area contributed by atoms with Gasteiger partial charge in [-0.15, -0.1) is 10.2 Å². The lowest BCUT2D eigenvalue weighted by molar-refractivity contribution is -0.130. The van der Waals surface area contributed by atoms with Crippen molar-refractivity contribution < 1.29 is 4.79 Å². The maximum atomic E-state index is 12.9. The number of anilines is 1. The van der Waals surface area contributed by atoms with E-state index in [9.17, 15) is 4.79 Å². The fourth-order valence-electron chi connectivity index (χ4n) is 3.29. The molecule has 0 saturated carbocycles. The van der Waals surface area contributed by atoms with Gasteiger partial charge in [0.15, 0.2) is 10.8 Å². The first-order chi connectivity index (χ1) is 13.1. The van der Waals surface area contributed by atoms with E-state index in [1.807, 2.05) is 47.4 Å². The highest BCUT2D eigenvalue weighted by atomic mass is 32.2. The summed E-state index contributed by atoms with van der Waals surface area (Å²) in [7, 11) is 0. The Hall–Kier alpha value is -2.61. The van der Waals surface area contributed by atoms with Gasteiger partial charge < -0.3 is 9.80 Å². The molecule has 1 aromatic carbocycles. The van der Waals surface area contributed by atoms with Crippen molar-refractivity contribution in [1.82, 2.24) is 24.5 Å². The zero-order chi connectivity index (χ0) is 18.8. The van der Waals surface area contributed by atoms with Crippen LogP contribution in [0.1, 0.15) is 12.6 Å². The molecule has 8 heteroatoms. The summed E-state index contributed by atoms with van der Waals surface area (Å²) in [6.45, 7) is 7.05. The molecule has 1 amide bonds. The van der Waals surface area contributed by atoms with Gasteiger partial charge in [0, 0.05) is 43.6 Å². The number of para-hydroxylation sites is 1. The van der Waals surface area contributed by atoms with E-state index in [1.54, 1.807) is 6.33 Å². The van der Waals surface area contributed by atoms with Crippen LogP contribution in [0.25, 0.3) is 5.65 Å². The monoisotopic (exact) mass is 382 g/mol. The summed E-state index contributed by atoms with van der Waals surface area (Å²) < 4.78 is 1.83. The number of nitrogens with zero attached hydrogens (tertiary/aromatic N) is 6. The smallest absolute Gasteiger partial charge is 0.236 e. The highest BCUT2D eigenvalue weighted by molar-refractivity contribution is 8.00. The third kappa shape index (κ3) is 3.75. The van der Waals surface area contributed by atoms with Crippen molar-refractivity contribution in [2.45, 2.75) is 24.3 Å². The molecule has 3 aromatic rings. The molecule has 0 bridgehead atoms. The summed E-state index contributed by atoms with van der Waals surface area (Å²) in [5, 5.41) is 8.55. The minimum atomic E-state index is -0.215. The van der Waals surface area contributed by atoms with Crippen molar-refractivity contribution in [2.24, 2.45) is 0 Å². The SMILES string of the molecule is Cc1cc2nncn2c(SC(C)C(=O)N2CCN(c3ccccc3)CC2)n1. The van der Waals surface area contributed by atoms with Crippen LogP contribution >= 0.6 is 11.8 Å². The summed E-state index contributed by atoms with van der Waals surface area (Å²) in [5.41, 5.74) is 2.83. The molecule has 0 N–H and O–H groups in total. The van der Waals surface area contributed by atoms with Crippen molar-refractivity contribution >= 4 is 29.0 Å². The molecule has 7 nitrogen and oxygen atoms in total. The molecule has 1 atom stereocenters. The third-order valence-electron chi connectivity index (χ3n) is 4.73. The van der Waals surface area contributed by atoms with Gasteiger partial charge in [0.1, 0.15) is 6.33 Å². The quantitative estimate of drug-likeness (QED) is 0.509. The molecule has 1 unspecified atom stereocenters. The number of benzene rings is 1. The number of aryl methyl sites for hydroxylation is 1. The van der Waals surface area contributed by atoms with Gasteiger partial charge in [0.05, 0.1) is 5.25 Å². The Morgan fingerprint density at radius 2 is 1.89 bits per heavy atom. The highest BCUT2D eigenvalue weighted by Gasteiger charge is 2.26. The Kier molecular flexibility index (Phi) is 4.98. The topological polar surface area (TPSA) is 66.6 Å². The number of thioether (sulfide) groups is 1. The molecule has 0 radical (unpaired) electrons. The third-order valence-corrected chi connectivity index (χ3v) is 5.79. The van der Waals surface area contributed by atoms with Crippen LogP contribution in [0, 0.1) is 6.92 Å². The molecule has 1 fully saturated rings. The van der Waals surface area contributed by atoms with E-state index in [0.717, 1.165) is 42.7 Å².